The van der Waals surface area contributed by atoms with Crippen molar-refractivity contribution in [2.24, 2.45) is 0 Å². The van der Waals surface area contributed by atoms with Crippen molar-refractivity contribution in [2.45, 2.75) is 51.2 Å². The Bertz CT molecular complexity index is 180. The highest BCUT2D eigenvalue weighted by atomic mass is 16.6. The highest BCUT2D eigenvalue weighted by Crippen LogP contribution is 2.15. The van der Waals surface area contributed by atoms with Crippen LogP contribution in [0.1, 0.15) is 44.9 Å². The van der Waals surface area contributed by atoms with E-state index in [0.717, 1.165) is 19.3 Å². The number of hydrogen-bond donors (Lipinski definition) is 0. The molecular weight excluding hydrogens is 178 g/mol. The van der Waals surface area contributed by atoms with E-state index >= 15 is 0 Å². The van der Waals surface area contributed by atoms with Crippen LogP contribution in [0.5, 0.6) is 0 Å². The second-order valence-corrected chi connectivity index (χ2v) is 4.21. The Labute approximate surface area is 86.4 Å². The Kier molecular flexibility index (Phi) is 4.94. The SMILES string of the molecule is CN(C)C1CCCCCCCC(=O)O1. The van der Waals surface area contributed by atoms with E-state index in [9.17, 15) is 4.79 Å². The number of carbonyl (C=O) groups excluding carboxylic acids is 1. The topological polar surface area (TPSA) is 29.5 Å². The van der Waals surface area contributed by atoms with Gasteiger partial charge in [0.15, 0.2) is 6.23 Å². The van der Waals surface area contributed by atoms with Gasteiger partial charge in [0, 0.05) is 6.42 Å². The molecule has 3 nitrogen and oxygen atoms in total. The molecule has 0 aromatic heterocycles. The fraction of sp³-hybridized carbons (Fsp3) is 0.909. The van der Waals surface area contributed by atoms with Gasteiger partial charge in [0.05, 0.1) is 0 Å². The Morgan fingerprint density at radius 3 is 2.50 bits per heavy atom. The molecule has 1 aliphatic rings. The van der Waals surface area contributed by atoms with Gasteiger partial charge in [-0.2, -0.15) is 0 Å². The number of carbonyl (C=O) groups is 1. The average Bonchev–Trinajstić information content (AvgIpc) is 2.15. The lowest BCUT2D eigenvalue weighted by Gasteiger charge is -2.25. The van der Waals surface area contributed by atoms with Gasteiger partial charge < -0.3 is 4.74 Å². The third-order valence-corrected chi connectivity index (χ3v) is 2.68. The molecule has 1 rings (SSSR count). The first kappa shape index (κ1) is 11.5. The standard InChI is InChI=1S/C11H21NO2/c1-12(2)10-8-6-4-3-5-7-9-11(13)14-10/h10H,3-9H2,1-2H3. The van der Waals surface area contributed by atoms with Gasteiger partial charge >= 0.3 is 5.97 Å². The number of hydrogen-bond acceptors (Lipinski definition) is 3. The van der Waals surface area contributed by atoms with E-state index in [4.69, 9.17) is 4.74 Å². The largest absolute Gasteiger partial charge is 0.446 e. The van der Waals surface area contributed by atoms with Gasteiger partial charge in [-0.1, -0.05) is 19.3 Å². The van der Waals surface area contributed by atoms with Crippen LogP contribution in [-0.4, -0.2) is 31.2 Å². The number of ether oxygens (including phenoxy) is 1. The van der Waals surface area contributed by atoms with Crippen LogP contribution in [0, 0.1) is 0 Å². The summed E-state index contributed by atoms with van der Waals surface area (Å²) in [6.45, 7) is 0. The summed E-state index contributed by atoms with van der Waals surface area (Å²) >= 11 is 0. The highest BCUT2D eigenvalue weighted by molar-refractivity contribution is 5.69. The summed E-state index contributed by atoms with van der Waals surface area (Å²) in [4.78, 5) is 13.4. The smallest absolute Gasteiger partial charge is 0.307 e. The van der Waals surface area contributed by atoms with Crippen molar-refractivity contribution in [1.82, 2.24) is 4.90 Å². The van der Waals surface area contributed by atoms with Crippen molar-refractivity contribution in [3.63, 3.8) is 0 Å². The number of cyclic esters (lactones) is 1. The molecule has 3 heteroatoms. The van der Waals surface area contributed by atoms with Crippen molar-refractivity contribution in [3.8, 4) is 0 Å². The van der Waals surface area contributed by atoms with E-state index in [2.05, 4.69) is 0 Å². The lowest BCUT2D eigenvalue weighted by atomic mass is 10.1. The maximum Gasteiger partial charge on any atom is 0.307 e. The fourth-order valence-corrected chi connectivity index (χ4v) is 1.75. The van der Waals surface area contributed by atoms with Gasteiger partial charge in [0.2, 0.25) is 0 Å². The summed E-state index contributed by atoms with van der Waals surface area (Å²) < 4.78 is 5.38. The molecule has 0 bridgehead atoms. The fourth-order valence-electron chi connectivity index (χ4n) is 1.75. The first-order chi connectivity index (χ1) is 6.70. The Balaban J connectivity index is 2.43. The molecule has 0 amide bonds. The van der Waals surface area contributed by atoms with Gasteiger partial charge in [0.1, 0.15) is 0 Å². The van der Waals surface area contributed by atoms with Crippen molar-refractivity contribution in [2.75, 3.05) is 14.1 Å². The van der Waals surface area contributed by atoms with Gasteiger partial charge in [0.25, 0.3) is 0 Å². The van der Waals surface area contributed by atoms with Crippen LogP contribution < -0.4 is 0 Å². The maximum absolute atomic E-state index is 11.4. The van der Waals surface area contributed by atoms with Gasteiger partial charge in [-0.15, -0.1) is 0 Å². The van der Waals surface area contributed by atoms with E-state index in [0.29, 0.717) is 6.42 Å². The molecule has 1 atom stereocenters. The Morgan fingerprint density at radius 2 is 1.79 bits per heavy atom. The van der Waals surface area contributed by atoms with E-state index in [1.54, 1.807) is 0 Å². The zero-order valence-electron chi connectivity index (χ0n) is 9.29. The second kappa shape index (κ2) is 6.02. The Hall–Kier alpha value is -0.570. The molecule has 0 aliphatic carbocycles. The molecule has 0 saturated carbocycles. The second-order valence-electron chi connectivity index (χ2n) is 4.21. The molecule has 1 fully saturated rings. The van der Waals surface area contributed by atoms with Crippen molar-refractivity contribution in [1.29, 1.82) is 0 Å². The lowest BCUT2D eigenvalue weighted by molar-refractivity contribution is -0.158. The molecule has 1 unspecified atom stereocenters. The van der Waals surface area contributed by atoms with Crippen LogP contribution in [0.3, 0.4) is 0 Å². The third-order valence-electron chi connectivity index (χ3n) is 2.68. The Morgan fingerprint density at radius 1 is 1.14 bits per heavy atom. The quantitative estimate of drug-likeness (QED) is 0.606. The molecule has 14 heavy (non-hydrogen) atoms. The van der Waals surface area contributed by atoms with Crippen LogP contribution in [0.15, 0.2) is 0 Å². The molecule has 0 aromatic rings. The summed E-state index contributed by atoms with van der Waals surface area (Å²) in [5.41, 5.74) is 0. The zero-order chi connectivity index (χ0) is 10.4. The monoisotopic (exact) mass is 199 g/mol. The van der Waals surface area contributed by atoms with Crippen LogP contribution in [-0.2, 0) is 9.53 Å². The molecule has 0 spiro atoms. The van der Waals surface area contributed by atoms with Crippen molar-refractivity contribution >= 4 is 5.97 Å². The molecule has 0 radical (unpaired) electrons. The predicted molar refractivity (Wildman–Crippen MR) is 55.9 cm³/mol. The molecule has 1 heterocycles. The maximum atomic E-state index is 11.4. The normalized spacial score (nSPS) is 25.9. The number of rotatable bonds is 1. The molecule has 0 N–H and O–H groups in total. The summed E-state index contributed by atoms with van der Waals surface area (Å²) in [5, 5.41) is 0. The predicted octanol–water partition coefficient (Wildman–Crippen LogP) is 2.16. The minimum Gasteiger partial charge on any atom is -0.446 e. The zero-order valence-corrected chi connectivity index (χ0v) is 9.29. The van der Waals surface area contributed by atoms with E-state index in [-0.39, 0.29) is 12.2 Å². The molecule has 0 aromatic carbocycles. The van der Waals surface area contributed by atoms with Gasteiger partial charge in [-0.3, -0.25) is 9.69 Å². The molecule has 82 valence electrons. The van der Waals surface area contributed by atoms with Gasteiger partial charge in [-0.25, -0.2) is 0 Å². The summed E-state index contributed by atoms with van der Waals surface area (Å²) in [6, 6.07) is 0. The minimum absolute atomic E-state index is 0.0133. The third kappa shape index (κ3) is 4.09. The van der Waals surface area contributed by atoms with E-state index in [1.165, 1.54) is 19.3 Å². The lowest BCUT2D eigenvalue weighted by Crippen LogP contribution is -2.33. The minimum atomic E-state index is -0.0365. The first-order valence-electron chi connectivity index (χ1n) is 5.56. The molecule has 1 aliphatic heterocycles. The molecular formula is C11H21NO2. The van der Waals surface area contributed by atoms with Crippen molar-refractivity contribution < 1.29 is 9.53 Å². The molecule has 1 saturated heterocycles. The summed E-state index contributed by atoms with van der Waals surface area (Å²) in [6.07, 6.45) is 7.38. The first-order valence-corrected chi connectivity index (χ1v) is 5.56. The summed E-state index contributed by atoms with van der Waals surface area (Å²) in [5.74, 6) is -0.0365. The number of nitrogens with zero attached hydrogens (tertiary/aromatic N) is 1. The van der Waals surface area contributed by atoms with Crippen LogP contribution in [0.4, 0.5) is 0 Å². The average molecular weight is 199 g/mol. The number of esters is 1. The highest BCUT2D eigenvalue weighted by Gasteiger charge is 2.16. The van der Waals surface area contributed by atoms with Crippen LogP contribution in [0.2, 0.25) is 0 Å². The van der Waals surface area contributed by atoms with Crippen LogP contribution >= 0.6 is 0 Å². The van der Waals surface area contributed by atoms with Crippen molar-refractivity contribution in [3.05, 3.63) is 0 Å². The van der Waals surface area contributed by atoms with E-state index < -0.39 is 0 Å². The van der Waals surface area contributed by atoms with Gasteiger partial charge in [-0.05, 0) is 33.4 Å². The summed E-state index contributed by atoms with van der Waals surface area (Å²) in [7, 11) is 3.92. The van der Waals surface area contributed by atoms with Crippen LogP contribution in [0.25, 0.3) is 0 Å². The van der Waals surface area contributed by atoms with E-state index in [1.807, 2.05) is 19.0 Å².